The van der Waals surface area contributed by atoms with Crippen LogP contribution in [0.4, 0.5) is 4.39 Å². The number of halogens is 1. The molecule has 1 fully saturated rings. The van der Waals surface area contributed by atoms with Crippen LogP contribution >= 0.6 is 0 Å². The molecule has 1 aromatic rings. The lowest BCUT2D eigenvalue weighted by Crippen LogP contribution is -2.38. The minimum absolute atomic E-state index is 0.00200. The maximum absolute atomic E-state index is 13.5. The van der Waals surface area contributed by atoms with Gasteiger partial charge < -0.3 is 10.1 Å². The summed E-state index contributed by atoms with van der Waals surface area (Å²) in [5.41, 5.74) is 1.37. The molecule has 0 radical (unpaired) electrons. The molecule has 1 aromatic carbocycles. The third kappa shape index (κ3) is 2.15. The van der Waals surface area contributed by atoms with Crippen LogP contribution in [-0.4, -0.2) is 19.1 Å². The Kier molecular flexibility index (Phi) is 2.68. The van der Waals surface area contributed by atoms with Crippen molar-refractivity contribution >= 4 is 5.91 Å². The number of benzene rings is 1. The number of carbonyl (C=O) groups excluding carboxylic acids is 1. The minimum atomic E-state index is -0.372. The van der Waals surface area contributed by atoms with Crippen molar-refractivity contribution in [2.45, 2.75) is 13.0 Å². The molecule has 0 bridgehead atoms. The van der Waals surface area contributed by atoms with Gasteiger partial charge in [-0.25, -0.2) is 4.39 Å². The summed E-state index contributed by atoms with van der Waals surface area (Å²) in [5, 5.41) is 2.64. The topological polar surface area (TPSA) is 38.3 Å². The molecule has 0 aromatic heterocycles. The van der Waals surface area contributed by atoms with Gasteiger partial charge >= 0.3 is 0 Å². The Bertz CT molecular complexity index is 382. The van der Waals surface area contributed by atoms with E-state index in [1.165, 1.54) is 6.07 Å². The lowest BCUT2D eigenvalue weighted by molar-refractivity contribution is -0.133. The first kappa shape index (κ1) is 10.1. The number of ether oxygens (including phenoxy) is 1. The van der Waals surface area contributed by atoms with Crippen LogP contribution in [0.15, 0.2) is 18.2 Å². The van der Waals surface area contributed by atoms with Gasteiger partial charge in [0, 0.05) is 12.1 Å². The summed E-state index contributed by atoms with van der Waals surface area (Å²) >= 11 is 0. The molecule has 1 heterocycles. The van der Waals surface area contributed by atoms with Crippen molar-refractivity contribution in [1.29, 1.82) is 0 Å². The Hall–Kier alpha value is -1.42. The standard InChI is InChI=1S/C11H12FNO2/c1-7-2-3-8(9(12)4-7)10-5-13-11(14)6-15-10/h2-4,10H,5-6H2,1H3,(H,13,14)/t10-/m0/s1. The molecule has 0 aliphatic carbocycles. The van der Waals surface area contributed by atoms with Crippen molar-refractivity contribution in [3.63, 3.8) is 0 Å². The largest absolute Gasteiger partial charge is 0.362 e. The van der Waals surface area contributed by atoms with Gasteiger partial charge in [0.25, 0.3) is 0 Å². The van der Waals surface area contributed by atoms with E-state index in [0.717, 1.165) is 5.56 Å². The van der Waals surface area contributed by atoms with Crippen molar-refractivity contribution < 1.29 is 13.9 Å². The molecule has 4 heteroatoms. The van der Waals surface area contributed by atoms with Gasteiger partial charge in [-0.3, -0.25) is 4.79 Å². The van der Waals surface area contributed by atoms with Gasteiger partial charge in [-0.15, -0.1) is 0 Å². The zero-order valence-corrected chi connectivity index (χ0v) is 8.42. The normalized spacial score (nSPS) is 21.2. The van der Waals surface area contributed by atoms with E-state index >= 15 is 0 Å². The van der Waals surface area contributed by atoms with E-state index < -0.39 is 0 Å². The van der Waals surface area contributed by atoms with E-state index in [0.29, 0.717) is 12.1 Å². The zero-order valence-electron chi connectivity index (χ0n) is 8.42. The minimum Gasteiger partial charge on any atom is -0.362 e. The fourth-order valence-electron chi connectivity index (χ4n) is 1.59. The molecule has 1 aliphatic rings. The molecule has 1 saturated heterocycles. The SMILES string of the molecule is Cc1ccc([C@@H]2CNC(=O)CO2)c(F)c1. The van der Waals surface area contributed by atoms with Gasteiger partial charge in [0.2, 0.25) is 5.91 Å². The molecule has 15 heavy (non-hydrogen) atoms. The van der Waals surface area contributed by atoms with E-state index in [9.17, 15) is 9.18 Å². The first-order valence-electron chi connectivity index (χ1n) is 4.81. The lowest BCUT2D eigenvalue weighted by Gasteiger charge is -2.23. The second-order valence-corrected chi connectivity index (χ2v) is 3.63. The highest BCUT2D eigenvalue weighted by Gasteiger charge is 2.22. The van der Waals surface area contributed by atoms with Crippen molar-refractivity contribution in [2.75, 3.05) is 13.2 Å². The predicted molar refractivity (Wildman–Crippen MR) is 52.8 cm³/mol. The zero-order chi connectivity index (χ0) is 10.8. The van der Waals surface area contributed by atoms with Crippen LogP contribution < -0.4 is 5.32 Å². The van der Waals surface area contributed by atoms with Gasteiger partial charge in [0.15, 0.2) is 0 Å². The first-order chi connectivity index (χ1) is 7.16. The molecular formula is C11H12FNO2. The lowest BCUT2D eigenvalue weighted by atomic mass is 10.1. The van der Waals surface area contributed by atoms with Crippen LogP contribution in [0, 0.1) is 12.7 Å². The molecule has 0 saturated carbocycles. The Labute approximate surface area is 87.2 Å². The monoisotopic (exact) mass is 209 g/mol. The van der Waals surface area contributed by atoms with Crippen LogP contribution in [0.1, 0.15) is 17.2 Å². The summed E-state index contributed by atoms with van der Waals surface area (Å²) < 4.78 is 18.8. The van der Waals surface area contributed by atoms with Crippen molar-refractivity contribution in [3.05, 3.63) is 35.1 Å². The fraction of sp³-hybridized carbons (Fsp3) is 0.364. The van der Waals surface area contributed by atoms with Crippen LogP contribution in [0.2, 0.25) is 0 Å². The fourth-order valence-corrected chi connectivity index (χ4v) is 1.59. The van der Waals surface area contributed by atoms with E-state index in [-0.39, 0.29) is 24.4 Å². The second kappa shape index (κ2) is 3.98. The van der Waals surface area contributed by atoms with Crippen LogP contribution in [0.3, 0.4) is 0 Å². The predicted octanol–water partition coefficient (Wildman–Crippen LogP) is 1.32. The summed E-state index contributed by atoms with van der Waals surface area (Å²) in [6, 6.07) is 5.00. The van der Waals surface area contributed by atoms with E-state index in [4.69, 9.17) is 4.74 Å². The Morgan fingerprint density at radius 1 is 1.53 bits per heavy atom. The maximum atomic E-state index is 13.5. The van der Waals surface area contributed by atoms with E-state index in [1.807, 2.05) is 13.0 Å². The highest BCUT2D eigenvalue weighted by atomic mass is 19.1. The first-order valence-corrected chi connectivity index (χ1v) is 4.81. The number of hydrogen-bond acceptors (Lipinski definition) is 2. The van der Waals surface area contributed by atoms with Crippen molar-refractivity contribution in [2.24, 2.45) is 0 Å². The van der Waals surface area contributed by atoms with Gasteiger partial charge in [-0.05, 0) is 18.6 Å². The van der Waals surface area contributed by atoms with Crippen molar-refractivity contribution in [1.82, 2.24) is 5.32 Å². The highest BCUT2D eigenvalue weighted by molar-refractivity contribution is 5.77. The smallest absolute Gasteiger partial charge is 0.246 e. The summed E-state index contributed by atoms with van der Waals surface area (Å²) in [6.45, 7) is 2.16. The molecule has 1 amide bonds. The van der Waals surface area contributed by atoms with Gasteiger partial charge in [-0.1, -0.05) is 12.1 Å². The van der Waals surface area contributed by atoms with Crippen molar-refractivity contribution in [3.8, 4) is 0 Å². The third-order valence-corrected chi connectivity index (χ3v) is 2.40. The van der Waals surface area contributed by atoms with E-state index in [1.54, 1.807) is 6.07 Å². The highest BCUT2D eigenvalue weighted by Crippen LogP contribution is 2.22. The summed E-state index contributed by atoms with van der Waals surface area (Å²) in [6.07, 6.45) is -0.372. The van der Waals surface area contributed by atoms with E-state index in [2.05, 4.69) is 5.32 Å². The molecular weight excluding hydrogens is 197 g/mol. The number of amides is 1. The third-order valence-electron chi connectivity index (χ3n) is 2.40. The average Bonchev–Trinajstić information content (AvgIpc) is 2.20. The van der Waals surface area contributed by atoms with Gasteiger partial charge in [0.1, 0.15) is 18.5 Å². The molecule has 1 atom stereocenters. The van der Waals surface area contributed by atoms with Gasteiger partial charge in [0.05, 0.1) is 0 Å². The number of morpholine rings is 1. The Morgan fingerprint density at radius 2 is 2.33 bits per heavy atom. The van der Waals surface area contributed by atoms with Crippen LogP contribution in [0.5, 0.6) is 0 Å². The number of carbonyl (C=O) groups is 1. The number of aryl methyl sites for hydroxylation is 1. The van der Waals surface area contributed by atoms with Crippen LogP contribution in [0.25, 0.3) is 0 Å². The van der Waals surface area contributed by atoms with Crippen LogP contribution in [-0.2, 0) is 9.53 Å². The number of hydrogen-bond donors (Lipinski definition) is 1. The number of rotatable bonds is 1. The summed E-state index contributed by atoms with van der Waals surface area (Å²) in [5.74, 6) is -0.435. The molecule has 0 spiro atoms. The molecule has 2 rings (SSSR count). The summed E-state index contributed by atoms with van der Waals surface area (Å²) in [4.78, 5) is 10.8. The quantitative estimate of drug-likeness (QED) is 0.757. The summed E-state index contributed by atoms with van der Waals surface area (Å²) in [7, 11) is 0. The molecule has 1 aliphatic heterocycles. The molecule has 80 valence electrons. The number of nitrogens with one attached hydrogen (secondary N) is 1. The molecule has 3 nitrogen and oxygen atoms in total. The Morgan fingerprint density at radius 3 is 2.93 bits per heavy atom. The maximum Gasteiger partial charge on any atom is 0.246 e. The Balaban J connectivity index is 2.19. The molecule has 1 N–H and O–H groups in total. The molecule has 0 unspecified atom stereocenters. The van der Waals surface area contributed by atoms with Gasteiger partial charge in [-0.2, -0.15) is 0 Å². The average molecular weight is 209 g/mol. The second-order valence-electron chi connectivity index (χ2n) is 3.63.